The SMILES string of the molecule is COCC(CCCN)N(CC1CC1)CC1CC1. The minimum Gasteiger partial charge on any atom is -0.383 e. The van der Waals surface area contributed by atoms with Crippen molar-refractivity contribution in [3.05, 3.63) is 0 Å². The molecule has 2 rings (SSSR count). The maximum Gasteiger partial charge on any atom is 0.0618 e. The number of ether oxygens (including phenoxy) is 1. The summed E-state index contributed by atoms with van der Waals surface area (Å²) in [5.41, 5.74) is 5.64. The molecule has 2 saturated carbocycles. The van der Waals surface area contributed by atoms with E-state index in [0.29, 0.717) is 6.04 Å². The first-order chi connectivity index (χ1) is 8.33. The van der Waals surface area contributed by atoms with Crippen LogP contribution >= 0.6 is 0 Å². The summed E-state index contributed by atoms with van der Waals surface area (Å²) in [4.78, 5) is 2.70. The van der Waals surface area contributed by atoms with Gasteiger partial charge in [0.05, 0.1) is 6.61 Å². The van der Waals surface area contributed by atoms with Gasteiger partial charge in [0, 0.05) is 26.2 Å². The van der Waals surface area contributed by atoms with Crippen molar-refractivity contribution in [2.75, 3.05) is 33.4 Å². The first-order valence-corrected chi connectivity index (χ1v) is 7.26. The summed E-state index contributed by atoms with van der Waals surface area (Å²) in [5, 5.41) is 0. The van der Waals surface area contributed by atoms with Gasteiger partial charge in [-0.3, -0.25) is 4.90 Å². The standard InChI is InChI=1S/C14H28N2O/c1-17-11-14(3-2-8-15)16(9-12-4-5-12)10-13-6-7-13/h12-14H,2-11,15H2,1H3. The molecule has 2 aliphatic carbocycles. The maximum absolute atomic E-state index is 5.64. The van der Waals surface area contributed by atoms with Crippen LogP contribution in [0.1, 0.15) is 38.5 Å². The highest BCUT2D eigenvalue weighted by Gasteiger charge is 2.32. The molecule has 0 amide bonds. The van der Waals surface area contributed by atoms with Crippen LogP contribution < -0.4 is 5.73 Å². The third-order valence-corrected chi connectivity index (χ3v) is 4.00. The van der Waals surface area contributed by atoms with Crippen molar-refractivity contribution in [1.82, 2.24) is 4.90 Å². The van der Waals surface area contributed by atoms with Crippen LogP contribution in [0.4, 0.5) is 0 Å². The summed E-state index contributed by atoms with van der Waals surface area (Å²) in [6, 6.07) is 0.602. The molecule has 1 atom stereocenters. The highest BCUT2D eigenvalue weighted by molar-refractivity contribution is 4.85. The molecule has 0 aromatic heterocycles. The Bertz CT molecular complexity index is 200. The van der Waals surface area contributed by atoms with E-state index in [4.69, 9.17) is 10.5 Å². The molecule has 0 radical (unpaired) electrons. The minimum absolute atomic E-state index is 0.602. The second-order valence-electron chi connectivity index (χ2n) is 5.88. The smallest absolute Gasteiger partial charge is 0.0618 e. The van der Waals surface area contributed by atoms with Crippen molar-refractivity contribution in [2.45, 2.75) is 44.6 Å². The first kappa shape index (κ1) is 13.3. The van der Waals surface area contributed by atoms with E-state index in [1.54, 1.807) is 0 Å². The largest absolute Gasteiger partial charge is 0.383 e. The van der Waals surface area contributed by atoms with Gasteiger partial charge in [-0.1, -0.05) is 0 Å². The van der Waals surface area contributed by atoms with E-state index in [2.05, 4.69) is 4.90 Å². The van der Waals surface area contributed by atoms with E-state index in [1.807, 2.05) is 7.11 Å². The average molecular weight is 240 g/mol. The predicted octanol–water partition coefficient (Wildman–Crippen LogP) is 1.86. The number of hydrogen-bond donors (Lipinski definition) is 1. The summed E-state index contributed by atoms with van der Waals surface area (Å²) in [5.74, 6) is 1.96. The van der Waals surface area contributed by atoms with Gasteiger partial charge in [-0.25, -0.2) is 0 Å². The molecule has 0 saturated heterocycles. The molecule has 0 aromatic carbocycles. The first-order valence-electron chi connectivity index (χ1n) is 7.26. The fraction of sp³-hybridized carbons (Fsp3) is 1.00. The summed E-state index contributed by atoms with van der Waals surface area (Å²) < 4.78 is 5.40. The van der Waals surface area contributed by atoms with Gasteiger partial charge >= 0.3 is 0 Å². The van der Waals surface area contributed by atoms with Gasteiger partial charge in [0.15, 0.2) is 0 Å². The van der Waals surface area contributed by atoms with Crippen LogP contribution in [0, 0.1) is 11.8 Å². The summed E-state index contributed by atoms with van der Waals surface area (Å²) in [6.07, 6.45) is 8.09. The number of methoxy groups -OCH3 is 1. The Labute approximate surface area is 106 Å². The van der Waals surface area contributed by atoms with Crippen molar-refractivity contribution in [3.8, 4) is 0 Å². The van der Waals surface area contributed by atoms with Gasteiger partial charge in [0.2, 0.25) is 0 Å². The predicted molar refractivity (Wildman–Crippen MR) is 71.0 cm³/mol. The van der Waals surface area contributed by atoms with E-state index in [-0.39, 0.29) is 0 Å². The minimum atomic E-state index is 0.602. The number of nitrogens with two attached hydrogens (primary N) is 1. The van der Waals surface area contributed by atoms with Crippen LogP contribution in [0.2, 0.25) is 0 Å². The van der Waals surface area contributed by atoms with Crippen LogP contribution in [-0.4, -0.2) is 44.3 Å². The molecular formula is C14H28N2O. The van der Waals surface area contributed by atoms with Crippen LogP contribution in [-0.2, 0) is 4.74 Å². The molecule has 2 fully saturated rings. The summed E-state index contributed by atoms with van der Waals surface area (Å²) >= 11 is 0. The van der Waals surface area contributed by atoms with E-state index < -0.39 is 0 Å². The molecule has 2 N–H and O–H groups in total. The molecule has 17 heavy (non-hydrogen) atoms. The Morgan fingerprint density at radius 3 is 2.18 bits per heavy atom. The van der Waals surface area contributed by atoms with Gasteiger partial charge in [-0.15, -0.1) is 0 Å². The Morgan fingerprint density at radius 2 is 1.76 bits per heavy atom. The van der Waals surface area contributed by atoms with Crippen molar-refractivity contribution in [1.29, 1.82) is 0 Å². The molecule has 0 bridgehead atoms. The zero-order valence-corrected chi connectivity index (χ0v) is 11.2. The lowest BCUT2D eigenvalue weighted by atomic mass is 10.1. The van der Waals surface area contributed by atoms with Gasteiger partial charge in [-0.2, -0.15) is 0 Å². The van der Waals surface area contributed by atoms with Crippen molar-refractivity contribution in [2.24, 2.45) is 17.6 Å². The molecule has 0 aliphatic heterocycles. The Balaban J connectivity index is 1.82. The molecule has 3 nitrogen and oxygen atoms in total. The van der Waals surface area contributed by atoms with E-state index in [0.717, 1.165) is 31.4 Å². The van der Waals surface area contributed by atoms with Crippen molar-refractivity contribution >= 4 is 0 Å². The third-order valence-electron chi connectivity index (χ3n) is 4.00. The van der Waals surface area contributed by atoms with E-state index in [9.17, 15) is 0 Å². The van der Waals surface area contributed by atoms with E-state index in [1.165, 1.54) is 45.2 Å². The molecule has 3 heteroatoms. The normalized spacial score (nSPS) is 22.1. The molecular weight excluding hydrogens is 212 g/mol. The van der Waals surface area contributed by atoms with Crippen molar-refractivity contribution < 1.29 is 4.74 Å². The summed E-state index contributed by atoms with van der Waals surface area (Å²) in [6.45, 7) is 4.28. The van der Waals surface area contributed by atoms with Crippen LogP contribution in [0.25, 0.3) is 0 Å². The van der Waals surface area contributed by atoms with Gasteiger partial charge < -0.3 is 10.5 Å². The maximum atomic E-state index is 5.64. The lowest BCUT2D eigenvalue weighted by molar-refractivity contribution is 0.0775. The number of hydrogen-bond acceptors (Lipinski definition) is 3. The Kier molecular flexibility index (Phi) is 5.26. The zero-order valence-electron chi connectivity index (χ0n) is 11.2. The topological polar surface area (TPSA) is 38.5 Å². The third kappa shape index (κ3) is 4.94. The fourth-order valence-corrected chi connectivity index (χ4v) is 2.55. The molecule has 0 spiro atoms. The van der Waals surface area contributed by atoms with E-state index >= 15 is 0 Å². The molecule has 0 heterocycles. The molecule has 2 aliphatic rings. The van der Waals surface area contributed by atoms with Gasteiger partial charge in [0.1, 0.15) is 0 Å². The second kappa shape index (κ2) is 6.72. The average Bonchev–Trinajstić information content (AvgIpc) is 3.18. The number of nitrogens with zero attached hydrogens (tertiary/aromatic N) is 1. The van der Waals surface area contributed by atoms with Crippen LogP contribution in [0.3, 0.4) is 0 Å². The lowest BCUT2D eigenvalue weighted by Gasteiger charge is -2.31. The molecule has 1 unspecified atom stereocenters. The van der Waals surface area contributed by atoms with Gasteiger partial charge in [0.25, 0.3) is 0 Å². The summed E-state index contributed by atoms with van der Waals surface area (Å²) in [7, 11) is 1.82. The highest BCUT2D eigenvalue weighted by Crippen LogP contribution is 2.34. The second-order valence-corrected chi connectivity index (χ2v) is 5.88. The zero-order chi connectivity index (χ0) is 12.1. The lowest BCUT2D eigenvalue weighted by Crippen LogP contribution is -2.41. The Morgan fingerprint density at radius 1 is 1.18 bits per heavy atom. The monoisotopic (exact) mass is 240 g/mol. The fourth-order valence-electron chi connectivity index (χ4n) is 2.55. The van der Waals surface area contributed by atoms with Crippen LogP contribution in [0.15, 0.2) is 0 Å². The highest BCUT2D eigenvalue weighted by atomic mass is 16.5. The van der Waals surface area contributed by atoms with Crippen molar-refractivity contribution in [3.63, 3.8) is 0 Å². The quantitative estimate of drug-likeness (QED) is 0.633. The van der Waals surface area contributed by atoms with Crippen LogP contribution in [0.5, 0.6) is 0 Å². The molecule has 100 valence electrons. The molecule has 0 aromatic rings. The van der Waals surface area contributed by atoms with Gasteiger partial charge in [-0.05, 0) is 56.9 Å². The Hall–Kier alpha value is -0.120. The number of rotatable bonds is 10.